The van der Waals surface area contributed by atoms with E-state index in [1.807, 2.05) is 19.1 Å². The highest BCUT2D eigenvalue weighted by molar-refractivity contribution is 6.31. The van der Waals surface area contributed by atoms with Gasteiger partial charge in [-0.05, 0) is 43.0 Å². The first-order chi connectivity index (χ1) is 8.31. The standard InChI is InChI=1S/C14H19ClO3/c1-8(2)11-7-12(15)9(3)5-13(11)18-10(4)6-14(16)17/h5,7-8,10H,6H2,1-4H3,(H,16,17)/t10-/m0/s1. The Hall–Kier alpha value is -1.22. The number of hydrogen-bond donors (Lipinski definition) is 1. The molecule has 0 bridgehead atoms. The quantitative estimate of drug-likeness (QED) is 0.879. The summed E-state index contributed by atoms with van der Waals surface area (Å²) < 4.78 is 5.71. The third-order valence-corrected chi connectivity index (χ3v) is 3.11. The van der Waals surface area contributed by atoms with Crippen molar-refractivity contribution in [2.24, 2.45) is 0 Å². The van der Waals surface area contributed by atoms with Crippen molar-refractivity contribution < 1.29 is 14.6 Å². The van der Waals surface area contributed by atoms with Gasteiger partial charge in [-0.3, -0.25) is 4.79 Å². The number of ether oxygens (including phenoxy) is 1. The van der Waals surface area contributed by atoms with Crippen LogP contribution < -0.4 is 4.74 Å². The molecule has 0 spiro atoms. The lowest BCUT2D eigenvalue weighted by Gasteiger charge is -2.19. The molecule has 0 saturated heterocycles. The molecule has 0 fully saturated rings. The third-order valence-electron chi connectivity index (χ3n) is 2.70. The number of carboxylic acids is 1. The molecule has 1 atom stereocenters. The Bertz CT molecular complexity index is 441. The van der Waals surface area contributed by atoms with Crippen LogP contribution in [0.1, 0.15) is 44.2 Å². The van der Waals surface area contributed by atoms with Gasteiger partial charge in [-0.15, -0.1) is 0 Å². The Labute approximate surface area is 113 Å². The minimum atomic E-state index is -0.862. The van der Waals surface area contributed by atoms with E-state index in [1.165, 1.54) is 0 Å². The number of hydrogen-bond acceptors (Lipinski definition) is 2. The van der Waals surface area contributed by atoms with Gasteiger partial charge in [0.2, 0.25) is 0 Å². The zero-order valence-corrected chi connectivity index (χ0v) is 11.9. The summed E-state index contributed by atoms with van der Waals surface area (Å²) in [6, 6.07) is 3.76. The summed E-state index contributed by atoms with van der Waals surface area (Å²) in [7, 11) is 0. The second kappa shape index (κ2) is 6.10. The molecule has 0 saturated carbocycles. The van der Waals surface area contributed by atoms with Crippen molar-refractivity contribution in [2.45, 2.75) is 46.1 Å². The summed E-state index contributed by atoms with van der Waals surface area (Å²) in [6.45, 7) is 7.76. The zero-order chi connectivity index (χ0) is 13.9. The molecule has 1 aromatic rings. The van der Waals surface area contributed by atoms with Crippen molar-refractivity contribution in [1.29, 1.82) is 0 Å². The van der Waals surface area contributed by atoms with Crippen LogP contribution in [-0.2, 0) is 4.79 Å². The van der Waals surface area contributed by atoms with Crippen LogP contribution in [0.2, 0.25) is 5.02 Å². The highest BCUT2D eigenvalue weighted by Gasteiger charge is 2.15. The van der Waals surface area contributed by atoms with E-state index in [0.29, 0.717) is 5.02 Å². The molecule has 0 amide bonds. The van der Waals surface area contributed by atoms with E-state index in [4.69, 9.17) is 21.4 Å². The molecule has 0 aliphatic carbocycles. The van der Waals surface area contributed by atoms with E-state index in [2.05, 4.69) is 13.8 Å². The van der Waals surface area contributed by atoms with Crippen molar-refractivity contribution in [3.05, 3.63) is 28.3 Å². The van der Waals surface area contributed by atoms with Crippen LogP contribution in [0.15, 0.2) is 12.1 Å². The Balaban J connectivity index is 2.99. The lowest BCUT2D eigenvalue weighted by molar-refractivity contribution is -0.138. The van der Waals surface area contributed by atoms with Gasteiger partial charge >= 0.3 is 5.97 Å². The molecular weight excluding hydrogens is 252 g/mol. The minimum Gasteiger partial charge on any atom is -0.490 e. The number of aliphatic carboxylic acids is 1. The number of rotatable bonds is 5. The van der Waals surface area contributed by atoms with Crippen LogP contribution in [0, 0.1) is 6.92 Å². The van der Waals surface area contributed by atoms with Gasteiger partial charge in [0.15, 0.2) is 0 Å². The molecule has 1 rings (SSSR count). The average Bonchev–Trinajstić information content (AvgIpc) is 2.21. The van der Waals surface area contributed by atoms with Crippen molar-refractivity contribution in [2.75, 3.05) is 0 Å². The molecule has 0 aromatic heterocycles. The van der Waals surface area contributed by atoms with Crippen LogP contribution in [0.25, 0.3) is 0 Å². The summed E-state index contributed by atoms with van der Waals surface area (Å²) in [5, 5.41) is 9.44. The first kappa shape index (κ1) is 14.8. The molecule has 100 valence electrons. The number of aryl methyl sites for hydroxylation is 1. The molecule has 1 aromatic carbocycles. The Morgan fingerprint density at radius 1 is 1.39 bits per heavy atom. The number of halogens is 1. The third kappa shape index (κ3) is 3.91. The second-order valence-corrected chi connectivity index (χ2v) is 5.23. The normalized spacial score (nSPS) is 12.6. The van der Waals surface area contributed by atoms with Crippen LogP contribution >= 0.6 is 11.6 Å². The smallest absolute Gasteiger partial charge is 0.307 e. The summed E-state index contributed by atoms with van der Waals surface area (Å²) >= 11 is 6.10. The summed E-state index contributed by atoms with van der Waals surface area (Å²) in [5.74, 6) is 0.134. The van der Waals surface area contributed by atoms with Gasteiger partial charge < -0.3 is 9.84 Å². The van der Waals surface area contributed by atoms with Gasteiger partial charge in [-0.2, -0.15) is 0 Å². The average molecular weight is 271 g/mol. The van der Waals surface area contributed by atoms with Gasteiger partial charge in [0, 0.05) is 5.02 Å². The molecule has 18 heavy (non-hydrogen) atoms. The predicted molar refractivity (Wildman–Crippen MR) is 72.6 cm³/mol. The van der Waals surface area contributed by atoms with E-state index >= 15 is 0 Å². The highest BCUT2D eigenvalue weighted by atomic mass is 35.5. The monoisotopic (exact) mass is 270 g/mol. The minimum absolute atomic E-state index is 0.0147. The molecule has 3 nitrogen and oxygen atoms in total. The maximum absolute atomic E-state index is 10.6. The van der Waals surface area contributed by atoms with E-state index in [-0.39, 0.29) is 18.4 Å². The number of carbonyl (C=O) groups is 1. The van der Waals surface area contributed by atoms with Crippen LogP contribution in [-0.4, -0.2) is 17.2 Å². The second-order valence-electron chi connectivity index (χ2n) is 4.82. The van der Waals surface area contributed by atoms with Crippen molar-refractivity contribution in [3.63, 3.8) is 0 Å². The van der Waals surface area contributed by atoms with Crippen molar-refractivity contribution in [3.8, 4) is 5.75 Å². The fraction of sp³-hybridized carbons (Fsp3) is 0.500. The maximum Gasteiger partial charge on any atom is 0.307 e. The first-order valence-electron chi connectivity index (χ1n) is 5.99. The van der Waals surface area contributed by atoms with Crippen LogP contribution in [0.3, 0.4) is 0 Å². The fourth-order valence-electron chi connectivity index (χ4n) is 1.73. The molecule has 0 radical (unpaired) electrons. The lowest BCUT2D eigenvalue weighted by atomic mass is 10.0. The van der Waals surface area contributed by atoms with E-state index < -0.39 is 5.97 Å². The van der Waals surface area contributed by atoms with Crippen LogP contribution in [0.4, 0.5) is 0 Å². The van der Waals surface area contributed by atoms with E-state index in [0.717, 1.165) is 16.9 Å². The van der Waals surface area contributed by atoms with Crippen molar-refractivity contribution in [1.82, 2.24) is 0 Å². The molecule has 0 aliphatic rings. The largest absolute Gasteiger partial charge is 0.490 e. The summed E-state index contributed by atoms with van der Waals surface area (Å²) in [6.07, 6.45) is -0.375. The lowest BCUT2D eigenvalue weighted by Crippen LogP contribution is -2.17. The van der Waals surface area contributed by atoms with E-state index in [9.17, 15) is 4.79 Å². The summed E-state index contributed by atoms with van der Waals surface area (Å²) in [5.41, 5.74) is 1.93. The topological polar surface area (TPSA) is 46.5 Å². The molecule has 0 heterocycles. The predicted octanol–water partition coefficient (Wildman–Crippen LogP) is 4.01. The Morgan fingerprint density at radius 3 is 2.50 bits per heavy atom. The van der Waals surface area contributed by atoms with Gasteiger partial charge in [0.1, 0.15) is 11.9 Å². The van der Waals surface area contributed by atoms with Gasteiger partial charge in [0.05, 0.1) is 6.42 Å². The Kier molecular flexibility index (Phi) is 5.03. The molecular formula is C14H19ClO3. The fourth-order valence-corrected chi connectivity index (χ4v) is 1.90. The number of benzene rings is 1. The highest BCUT2D eigenvalue weighted by Crippen LogP contribution is 2.32. The molecule has 0 aliphatic heterocycles. The molecule has 4 heteroatoms. The van der Waals surface area contributed by atoms with Crippen molar-refractivity contribution >= 4 is 17.6 Å². The Morgan fingerprint density at radius 2 is 2.00 bits per heavy atom. The molecule has 0 unspecified atom stereocenters. The SMILES string of the molecule is Cc1cc(O[C@@H](C)CC(=O)O)c(C(C)C)cc1Cl. The number of carboxylic acid groups (broad SMARTS) is 1. The maximum atomic E-state index is 10.6. The van der Waals surface area contributed by atoms with E-state index in [1.54, 1.807) is 6.92 Å². The summed E-state index contributed by atoms with van der Waals surface area (Å²) in [4.78, 5) is 10.6. The van der Waals surface area contributed by atoms with Gasteiger partial charge in [-0.1, -0.05) is 25.4 Å². The first-order valence-corrected chi connectivity index (χ1v) is 6.37. The van der Waals surface area contributed by atoms with Crippen LogP contribution in [0.5, 0.6) is 5.75 Å². The van der Waals surface area contributed by atoms with Gasteiger partial charge in [0.25, 0.3) is 0 Å². The molecule has 1 N–H and O–H groups in total. The van der Waals surface area contributed by atoms with Gasteiger partial charge in [-0.25, -0.2) is 0 Å². The zero-order valence-electron chi connectivity index (χ0n) is 11.2.